The molecule has 0 amide bonds. The van der Waals surface area contributed by atoms with Crippen LogP contribution in [-0.4, -0.2) is 14.8 Å². The van der Waals surface area contributed by atoms with Gasteiger partial charge in [0.15, 0.2) is 5.82 Å². The SMILES string of the molecule is CC(N)c1nc(C2CCC2)nn1C. The van der Waals surface area contributed by atoms with Gasteiger partial charge in [-0.05, 0) is 19.8 Å². The molecule has 4 heteroatoms. The number of aromatic nitrogens is 3. The monoisotopic (exact) mass is 180 g/mol. The van der Waals surface area contributed by atoms with Gasteiger partial charge in [-0.2, -0.15) is 5.10 Å². The number of nitrogens with two attached hydrogens (primary N) is 1. The van der Waals surface area contributed by atoms with Crippen LogP contribution in [0.3, 0.4) is 0 Å². The van der Waals surface area contributed by atoms with Crippen LogP contribution in [0.1, 0.15) is 49.8 Å². The first-order chi connectivity index (χ1) is 6.18. The topological polar surface area (TPSA) is 56.7 Å². The summed E-state index contributed by atoms with van der Waals surface area (Å²) >= 11 is 0. The molecule has 13 heavy (non-hydrogen) atoms. The Morgan fingerprint density at radius 1 is 1.54 bits per heavy atom. The van der Waals surface area contributed by atoms with E-state index in [9.17, 15) is 0 Å². The van der Waals surface area contributed by atoms with Gasteiger partial charge in [0, 0.05) is 13.0 Å². The Labute approximate surface area is 78.1 Å². The molecule has 4 nitrogen and oxygen atoms in total. The van der Waals surface area contributed by atoms with Crippen LogP contribution in [0.25, 0.3) is 0 Å². The average molecular weight is 180 g/mol. The Morgan fingerprint density at radius 3 is 2.62 bits per heavy atom. The standard InChI is InChI=1S/C9H16N4/c1-6(10)9-11-8(12-13(9)2)7-4-3-5-7/h6-7H,3-5,10H2,1-2H3. The highest BCUT2D eigenvalue weighted by atomic mass is 15.3. The van der Waals surface area contributed by atoms with Crippen molar-refractivity contribution in [2.45, 2.75) is 38.1 Å². The third-order valence-corrected chi connectivity index (χ3v) is 2.69. The molecular weight excluding hydrogens is 164 g/mol. The number of nitrogens with zero attached hydrogens (tertiary/aromatic N) is 3. The van der Waals surface area contributed by atoms with E-state index in [0.717, 1.165) is 11.6 Å². The fraction of sp³-hybridized carbons (Fsp3) is 0.778. The molecule has 0 spiro atoms. The van der Waals surface area contributed by atoms with Crippen molar-refractivity contribution in [1.29, 1.82) is 0 Å². The third kappa shape index (κ3) is 1.46. The molecule has 0 bridgehead atoms. The minimum absolute atomic E-state index is 0.0219. The Morgan fingerprint density at radius 2 is 2.23 bits per heavy atom. The van der Waals surface area contributed by atoms with Crippen LogP contribution in [0.4, 0.5) is 0 Å². The second-order valence-electron chi connectivity index (χ2n) is 3.87. The zero-order valence-electron chi connectivity index (χ0n) is 8.20. The lowest BCUT2D eigenvalue weighted by Gasteiger charge is -2.21. The van der Waals surface area contributed by atoms with Crippen LogP contribution in [0, 0.1) is 0 Å². The molecule has 0 aromatic carbocycles. The van der Waals surface area contributed by atoms with Gasteiger partial charge in [-0.25, -0.2) is 4.98 Å². The van der Waals surface area contributed by atoms with Crippen molar-refractivity contribution in [2.75, 3.05) is 0 Å². The normalized spacial score (nSPS) is 19.9. The maximum absolute atomic E-state index is 5.76. The Kier molecular flexibility index (Phi) is 2.07. The lowest BCUT2D eigenvalue weighted by atomic mass is 9.85. The van der Waals surface area contributed by atoms with Gasteiger partial charge in [-0.1, -0.05) is 6.42 Å². The summed E-state index contributed by atoms with van der Waals surface area (Å²) in [5, 5.41) is 4.38. The molecule has 0 aliphatic heterocycles. The summed E-state index contributed by atoms with van der Waals surface area (Å²) < 4.78 is 1.80. The molecule has 2 N–H and O–H groups in total. The van der Waals surface area contributed by atoms with Gasteiger partial charge in [-0.15, -0.1) is 0 Å². The summed E-state index contributed by atoms with van der Waals surface area (Å²) in [5.74, 6) is 2.47. The van der Waals surface area contributed by atoms with Crippen molar-refractivity contribution in [2.24, 2.45) is 12.8 Å². The van der Waals surface area contributed by atoms with Gasteiger partial charge in [-0.3, -0.25) is 4.68 Å². The summed E-state index contributed by atoms with van der Waals surface area (Å²) in [5.41, 5.74) is 5.76. The van der Waals surface area contributed by atoms with Crippen molar-refractivity contribution in [3.8, 4) is 0 Å². The summed E-state index contributed by atoms with van der Waals surface area (Å²) in [4.78, 5) is 4.46. The van der Waals surface area contributed by atoms with Crippen LogP contribution in [0.5, 0.6) is 0 Å². The number of aryl methyl sites for hydroxylation is 1. The fourth-order valence-corrected chi connectivity index (χ4v) is 1.65. The van der Waals surface area contributed by atoms with Crippen molar-refractivity contribution < 1.29 is 0 Å². The minimum Gasteiger partial charge on any atom is -0.322 e. The van der Waals surface area contributed by atoms with Crippen LogP contribution in [-0.2, 0) is 7.05 Å². The van der Waals surface area contributed by atoms with Crippen molar-refractivity contribution in [1.82, 2.24) is 14.8 Å². The van der Waals surface area contributed by atoms with Crippen LogP contribution in [0.2, 0.25) is 0 Å². The molecule has 1 saturated carbocycles. The first-order valence-corrected chi connectivity index (χ1v) is 4.85. The summed E-state index contributed by atoms with van der Waals surface area (Å²) in [6.07, 6.45) is 3.79. The zero-order valence-corrected chi connectivity index (χ0v) is 8.20. The van der Waals surface area contributed by atoms with E-state index in [1.54, 1.807) is 4.68 Å². The third-order valence-electron chi connectivity index (χ3n) is 2.69. The molecule has 0 saturated heterocycles. The molecule has 1 fully saturated rings. The van der Waals surface area contributed by atoms with Gasteiger partial charge in [0.05, 0.1) is 6.04 Å². The molecule has 2 rings (SSSR count). The molecule has 1 heterocycles. The Bertz CT molecular complexity index is 299. The first kappa shape index (κ1) is 8.69. The van der Waals surface area contributed by atoms with Gasteiger partial charge >= 0.3 is 0 Å². The lowest BCUT2D eigenvalue weighted by Crippen LogP contribution is -2.12. The van der Waals surface area contributed by atoms with Gasteiger partial charge in [0.2, 0.25) is 0 Å². The molecule has 1 aliphatic carbocycles. The molecule has 72 valence electrons. The average Bonchev–Trinajstić information content (AvgIpc) is 2.27. The largest absolute Gasteiger partial charge is 0.322 e. The van der Waals surface area contributed by atoms with Gasteiger partial charge < -0.3 is 5.73 Å². The molecule has 1 aliphatic rings. The van der Waals surface area contributed by atoms with Gasteiger partial charge in [0.25, 0.3) is 0 Å². The summed E-state index contributed by atoms with van der Waals surface area (Å²) in [7, 11) is 1.91. The van der Waals surface area contributed by atoms with E-state index < -0.39 is 0 Å². The first-order valence-electron chi connectivity index (χ1n) is 4.85. The number of rotatable bonds is 2. The molecule has 1 aromatic heterocycles. The van der Waals surface area contributed by atoms with E-state index in [2.05, 4.69) is 10.1 Å². The highest BCUT2D eigenvalue weighted by molar-refractivity contribution is 5.04. The van der Waals surface area contributed by atoms with Crippen molar-refractivity contribution in [3.05, 3.63) is 11.6 Å². The number of hydrogen-bond acceptors (Lipinski definition) is 3. The van der Waals surface area contributed by atoms with E-state index in [-0.39, 0.29) is 6.04 Å². The van der Waals surface area contributed by atoms with Crippen molar-refractivity contribution in [3.63, 3.8) is 0 Å². The number of hydrogen-bond donors (Lipinski definition) is 1. The van der Waals surface area contributed by atoms with Crippen molar-refractivity contribution >= 4 is 0 Å². The summed E-state index contributed by atoms with van der Waals surface area (Å²) in [6.45, 7) is 1.94. The molecule has 1 atom stereocenters. The van der Waals surface area contributed by atoms with Gasteiger partial charge in [0.1, 0.15) is 5.82 Å². The van der Waals surface area contributed by atoms with Crippen LogP contribution < -0.4 is 5.73 Å². The molecular formula is C9H16N4. The quantitative estimate of drug-likeness (QED) is 0.741. The zero-order chi connectivity index (χ0) is 9.42. The van der Waals surface area contributed by atoms with E-state index in [1.165, 1.54) is 19.3 Å². The fourth-order valence-electron chi connectivity index (χ4n) is 1.65. The highest BCUT2D eigenvalue weighted by Gasteiger charge is 2.24. The van der Waals surface area contributed by atoms with E-state index in [0.29, 0.717) is 5.92 Å². The molecule has 1 unspecified atom stereocenters. The van der Waals surface area contributed by atoms with E-state index in [1.807, 2.05) is 14.0 Å². The molecule has 1 aromatic rings. The smallest absolute Gasteiger partial charge is 0.154 e. The molecule has 0 radical (unpaired) electrons. The minimum atomic E-state index is -0.0219. The highest BCUT2D eigenvalue weighted by Crippen LogP contribution is 2.34. The predicted octanol–water partition coefficient (Wildman–Crippen LogP) is 1.10. The predicted molar refractivity (Wildman–Crippen MR) is 50.2 cm³/mol. The van der Waals surface area contributed by atoms with Crippen LogP contribution in [0.15, 0.2) is 0 Å². The second kappa shape index (κ2) is 3.10. The van der Waals surface area contributed by atoms with E-state index >= 15 is 0 Å². The van der Waals surface area contributed by atoms with E-state index in [4.69, 9.17) is 5.73 Å². The summed E-state index contributed by atoms with van der Waals surface area (Å²) in [6, 6.07) is -0.0219. The maximum atomic E-state index is 5.76. The van der Waals surface area contributed by atoms with Crippen LogP contribution >= 0.6 is 0 Å². The Hall–Kier alpha value is -0.900. The maximum Gasteiger partial charge on any atom is 0.154 e. The lowest BCUT2D eigenvalue weighted by molar-refractivity contribution is 0.400. The second-order valence-corrected chi connectivity index (χ2v) is 3.87. The Balaban J connectivity index is 2.23.